The molecule has 2 aliphatic heterocycles. The summed E-state index contributed by atoms with van der Waals surface area (Å²) in [6.45, 7) is 3.65. The number of hydrogen-bond acceptors (Lipinski definition) is 4. The van der Waals surface area contributed by atoms with Gasteiger partial charge in [0.15, 0.2) is 0 Å². The van der Waals surface area contributed by atoms with Gasteiger partial charge in [-0.1, -0.05) is 18.2 Å². The number of quaternary nitrogens is 1. The SMILES string of the molecule is C[NH+]1CCN(C2=N[C@@H](C(=O)Nc3ccccc3)CC(=O)N2)CC1. The molecule has 3 rings (SSSR count). The first-order valence-electron chi connectivity index (χ1n) is 7.91. The quantitative estimate of drug-likeness (QED) is 0.635. The standard InChI is InChI=1S/C16H21N5O2/c1-20-7-9-21(10-8-20)16-18-13(11-14(22)19-16)15(23)17-12-5-3-2-4-6-12/h2-6,13H,7-11H2,1H3,(H,17,23)(H,18,19,22)/p+1/t13-/m1/s1. The Kier molecular flexibility index (Phi) is 4.57. The van der Waals surface area contributed by atoms with Gasteiger partial charge in [0.1, 0.15) is 6.04 Å². The van der Waals surface area contributed by atoms with Crippen LogP contribution >= 0.6 is 0 Å². The summed E-state index contributed by atoms with van der Waals surface area (Å²) in [5.41, 5.74) is 0.712. The van der Waals surface area contributed by atoms with Crippen molar-refractivity contribution in [3.63, 3.8) is 0 Å². The summed E-state index contributed by atoms with van der Waals surface area (Å²) in [6, 6.07) is 8.54. The van der Waals surface area contributed by atoms with E-state index in [2.05, 4.69) is 22.7 Å². The first kappa shape index (κ1) is 15.5. The number of benzene rings is 1. The maximum Gasteiger partial charge on any atom is 0.249 e. The number of anilines is 1. The molecule has 1 aromatic carbocycles. The molecule has 1 saturated heterocycles. The lowest BCUT2D eigenvalue weighted by Gasteiger charge is -2.34. The van der Waals surface area contributed by atoms with E-state index < -0.39 is 6.04 Å². The number of rotatable bonds is 2. The Morgan fingerprint density at radius 2 is 2.00 bits per heavy atom. The number of nitrogens with one attached hydrogen (secondary N) is 3. The fourth-order valence-corrected chi connectivity index (χ4v) is 2.74. The second-order valence-electron chi connectivity index (χ2n) is 6.02. The molecule has 0 saturated carbocycles. The fraction of sp³-hybridized carbons (Fsp3) is 0.438. The summed E-state index contributed by atoms with van der Waals surface area (Å²) in [7, 11) is 2.15. The first-order valence-corrected chi connectivity index (χ1v) is 7.91. The molecule has 2 heterocycles. The summed E-state index contributed by atoms with van der Waals surface area (Å²) < 4.78 is 0. The highest BCUT2D eigenvalue weighted by molar-refractivity contribution is 6.05. The fourth-order valence-electron chi connectivity index (χ4n) is 2.74. The van der Waals surface area contributed by atoms with Gasteiger partial charge in [-0.05, 0) is 12.1 Å². The molecular weight excluding hydrogens is 294 g/mol. The largest absolute Gasteiger partial charge is 0.334 e. The molecule has 0 bridgehead atoms. The number of hydrogen-bond donors (Lipinski definition) is 3. The summed E-state index contributed by atoms with van der Waals surface area (Å²) in [5, 5.41) is 5.61. The van der Waals surface area contributed by atoms with Crippen LogP contribution in [-0.2, 0) is 9.59 Å². The van der Waals surface area contributed by atoms with Crippen molar-refractivity contribution >= 4 is 23.5 Å². The van der Waals surface area contributed by atoms with Crippen molar-refractivity contribution in [3.05, 3.63) is 30.3 Å². The Bertz CT molecular complexity index is 608. The minimum Gasteiger partial charge on any atom is -0.334 e. The van der Waals surface area contributed by atoms with Gasteiger partial charge in [-0.3, -0.25) is 14.9 Å². The highest BCUT2D eigenvalue weighted by Gasteiger charge is 2.30. The van der Waals surface area contributed by atoms with Crippen LogP contribution < -0.4 is 15.5 Å². The third-order valence-electron chi connectivity index (χ3n) is 4.17. The van der Waals surface area contributed by atoms with E-state index >= 15 is 0 Å². The number of carbonyl (C=O) groups excluding carboxylic acids is 2. The Labute approximate surface area is 135 Å². The van der Waals surface area contributed by atoms with Gasteiger partial charge in [0, 0.05) is 5.69 Å². The summed E-state index contributed by atoms with van der Waals surface area (Å²) in [4.78, 5) is 32.3. The lowest BCUT2D eigenvalue weighted by Crippen LogP contribution is -3.12. The molecular formula is C16H22N5O2+. The number of likely N-dealkylation sites (N-methyl/N-ethyl adjacent to an activating group) is 1. The Balaban J connectivity index is 1.69. The molecule has 0 aromatic heterocycles. The summed E-state index contributed by atoms with van der Waals surface area (Å²) in [5.74, 6) is 0.125. The number of para-hydroxylation sites is 1. The van der Waals surface area contributed by atoms with Crippen molar-refractivity contribution in [2.24, 2.45) is 4.99 Å². The molecule has 1 aromatic rings. The van der Waals surface area contributed by atoms with Crippen molar-refractivity contribution < 1.29 is 14.5 Å². The van der Waals surface area contributed by atoms with Crippen molar-refractivity contribution in [3.8, 4) is 0 Å². The molecule has 2 aliphatic rings. The highest BCUT2D eigenvalue weighted by atomic mass is 16.2. The zero-order valence-electron chi connectivity index (χ0n) is 13.2. The van der Waals surface area contributed by atoms with Crippen molar-refractivity contribution in [2.75, 3.05) is 38.5 Å². The number of piperazine rings is 1. The number of carbonyl (C=O) groups is 2. The van der Waals surface area contributed by atoms with Crippen LogP contribution in [0.1, 0.15) is 6.42 Å². The van der Waals surface area contributed by atoms with Crippen LogP contribution in [0.25, 0.3) is 0 Å². The smallest absolute Gasteiger partial charge is 0.249 e. The van der Waals surface area contributed by atoms with E-state index in [4.69, 9.17) is 0 Å². The molecule has 0 spiro atoms. The number of guanidine groups is 1. The summed E-state index contributed by atoms with van der Waals surface area (Å²) in [6.07, 6.45) is 0.0845. The number of aliphatic imine (C=N–C) groups is 1. The minimum absolute atomic E-state index is 0.0845. The van der Waals surface area contributed by atoms with E-state index in [1.54, 1.807) is 0 Å². The van der Waals surface area contributed by atoms with Crippen LogP contribution in [0.15, 0.2) is 35.3 Å². The number of nitrogens with zero attached hydrogens (tertiary/aromatic N) is 2. The Morgan fingerprint density at radius 1 is 1.30 bits per heavy atom. The topological polar surface area (TPSA) is 78.2 Å². The lowest BCUT2D eigenvalue weighted by molar-refractivity contribution is -0.883. The average molecular weight is 316 g/mol. The molecule has 122 valence electrons. The van der Waals surface area contributed by atoms with Crippen LogP contribution in [0.3, 0.4) is 0 Å². The van der Waals surface area contributed by atoms with Gasteiger partial charge in [-0.2, -0.15) is 0 Å². The molecule has 0 radical (unpaired) electrons. The van der Waals surface area contributed by atoms with Crippen LogP contribution in [0, 0.1) is 0 Å². The highest BCUT2D eigenvalue weighted by Crippen LogP contribution is 2.11. The number of amides is 2. The van der Waals surface area contributed by atoms with Gasteiger partial charge in [0.05, 0.1) is 39.6 Å². The van der Waals surface area contributed by atoms with E-state index in [9.17, 15) is 9.59 Å². The average Bonchev–Trinajstić information content (AvgIpc) is 2.56. The van der Waals surface area contributed by atoms with Gasteiger partial charge in [-0.15, -0.1) is 0 Å². The molecule has 23 heavy (non-hydrogen) atoms. The maximum absolute atomic E-state index is 12.4. The molecule has 1 atom stereocenters. The summed E-state index contributed by atoms with van der Waals surface area (Å²) >= 11 is 0. The molecule has 2 amide bonds. The second-order valence-corrected chi connectivity index (χ2v) is 6.02. The second kappa shape index (κ2) is 6.78. The van der Waals surface area contributed by atoms with Gasteiger partial charge in [-0.25, -0.2) is 4.99 Å². The minimum atomic E-state index is -0.675. The Morgan fingerprint density at radius 3 is 2.70 bits per heavy atom. The first-order chi connectivity index (χ1) is 11.1. The molecule has 1 fully saturated rings. The zero-order chi connectivity index (χ0) is 16.2. The van der Waals surface area contributed by atoms with Crippen molar-refractivity contribution in [1.82, 2.24) is 10.2 Å². The Hall–Kier alpha value is -2.41. The van der Waals surface area contributed by atoms with Gasteiger partial charge < -0.3 is 15.1 Å². The molecule has 7 nitrogen and oxygen atoms in total. The van der Waals surface area contributed by atoms with Crippen LogP contribution in [-0.4, -0.2) is 61.9 Å². The van der Waals surface area contributed by atoms with Gasteiger partial charge >= 0.3 is 0 Å². The molecule has 0 aliphatic carbocycles. The van der Waals surface area contributed by atoms with Crippen molar-refractivity contribution in [2.45, 2.75) is 12.5 Å². The lowest BCUT2D eigenvalue weighted by atomic mass is 10.1. The molecule has 0 unspecified atom stereocenters. The monoisotopic (exact) mass is 316 g/mol. The predicted molar refractivity (Wildman–Crippen MR) is 87.2 cm³/mol. The maximum atomic E-state index is 12.4. The van der Waals surface area contributed by atoms with Gasteiger partial charge in [0.2, 0.25) is 17.8 Å². The van der Waals surface area contributed by atoms with E-state index in [0.717, 1.165) is 26.2 Å². The predicted octanol–water partition coefficient (Wildman–Crippen LogP) is -1.30. The van der Waals surface area contributed by atoms with E-state index in [-0.39, 0.29) is 18.2 Å². The van der Waals surface area contributed by atoms with E-state index in [1.165, 1.54) is 4.90 Å². The van der Waals surface area contributed by atoms with Crippen LogP contribution in [0.4, 0.5) is 5.69 Å². The van der Waals surface area contributed by atoms with Crippen LogP contribution in [0.5, 0.6) is 0 Å². The van der Waals surface area contributed by atoms with Gasteiger partial charge in [0.25, 0.3) is 0 Å². The third kappa shape index (κ3) is 3.87. The van der Waals surface area contributed by atoms with E-state index in [0.29, 0.717) is 11.6 Å². The zero-order valence-corrected chi connectivity index (χ0v) is 13.2. The normalized spacial score (nSPS) is 22.3. The van der Waals surface area contributed by atoms with Crippen molar-refractivity contribution in [1.29, 1.82) is 0 Å². The third-order valence-corrected chi connectivity index (χ3v) is 4.17. The molecule has 3 N–H and O–H groups in total. The van der Waals surface area contributed by atoms with E-state index in [1.807, 2.05) is 35.2 Å². The molecule has 7 heteroatoms. The van der Waals surface area contributed by atoms with Crippen LogP contribution in [0.2, 0.25) is 0 Å².